The number of hydrogen-bond acceptors (Lipinski definition) is 3. The average Bonchev–Trinajstić information content (AvgIpc) is 3.29. The Labute approximate surface area is 214 Å². The van der Waals surface area contributed by atoms with Crippen molar-refractivity contribution in [2.75, 3.05) is 4.90 Å². The number of hydrogen-bond donors (Lipinski definition) is 1. The maximum absolute atomic E-state index is 13.8. The van der Waals surface area contributed by atoms with Crippen molar-refractivity contribution in [3.63, 3.8) is 0 Å². The molecule has 1 aromatic heterocycles. The van der Waals surface area contributed by atoms with Crippen LogP contribution in [0, 0.1) is 15.2 Å². The molecule has 2 heterocycles. The van der Waals surface area contributed by atoms with Gasteiger partial charge in [0.15, 0.2) is 0 Å². The van der Waals surface area contributed by atoms with E-state index in [1.165, 1.54) is 17.0 Å². The molecule has 2 amide bonds. The molecule has 0 bridgehead atoms. The van der Waals surface area contributed by atoms with Crippen molar-refractivity contribution in [2.24, 2.45) is 0 Å². The highest BCUT2D eigenvalue weighted by atomic mass is 127. The number of rotatable bonds is 5. The minimum Gasteiger partial charge on any atom is -0.459 e. The average molecular weight is 586 g/mol. The summed E-state index contributed by atoms with van der Waals surface area (Å²) >= 11 is 2.12. The first kappa shape index (κ1) is 23.5. The van der Waals surface area contributed by atoms with Crippen molar-refractivity contribution < 1.29 is 22.8 Å². The first-order chi connectivity index (χ1) is 16.6. The van der Waals surface area contributed by atoms with Crippen LogP contribution in [0.1, 0.15) is 41.1 Å². The van der Waals surface area contributed by atoms with Gasteiger partial charge < -0.3 is 14.6 Å². The molecule has 0 aliphatic carbocycles. The fourth-order valence-corrected chi connectivity index (χ4v) is 5.83. The van der Waals surface area contributed by atoms with Crippen LogP contribution in [-0.2, 0) is 23.3 Å². The van der Waals surface area contributed by atoms with Crippen LogP contribution in [0.5, 0.6) is 0 Å². The van der Waals surface area contributed by atoms with E-state index in [0.29, 0.717) is 22.6 Å². The second kappa shape index (κ2) is 8.75. The van der Waals surface area contributed by atoms with Crippen molar-refractivity contribution in [3.05, 3.63) is 98.3 Å². The van der Waals surface area contributed by atoms with Gasteiger partial charge in [0.1, 0.15) is 23.0 Å². The molecule has 0 radical (unpaired) electrons. The molecule has 8 heteroatoms. The SMILES string of the molecule is CC1(C)C(=O)N(Cc2cc(F)cc(F)c2)c2cc(C(=O)NCc3cc4ccccc4o3)cc(I)c21. The molecular weight excluding hydrogens is 565 g/mol. The molecular formula is C27H21F2IN2O3. The quantitative estimate of drug-likeness (QED) is 0.289. The maximum Gasteiger partial charge on any atom is 0.251 e. The zero-order chi connectivity index (χ0) is 24.9. The molecule has 0 spiro atoms. The Morgan fingerprint density at radius 2 is 1.77 bits per heavy atom. The highest BCUT2D eigenvalue weighted by Crippen LogP contribution is 2.45. The zero-order valence-corrected chi connectivity index (χ0v) is 21.2. The molecule has 0 saturated carbocycles. The standard InChI is InChI=1S/C27H21F2IN2O3/c1-27(2)24-21(30)10-17(25(33)31-13-20-9-16-5-3-4-6-23(16)35-20)11-22(24)32(26(27)34)14-15-7-18(28)12-19(29)8-15/h3-12H,13-14H2,1-2H3,(H,31,33). The zero-order valence-electron chi connectivity index (χ0n) is 19.0. The van der Waals surface area contributed by atoms with E-state index in [4.69, 9.17) is 4.42 Å². The number of para-hydroxylation sites is 1. The molecule has 0 atom stereocenters. The lowest BCUT2D eigenvalue weighted by molar-refractivity contribution is -0.122. The summed E-state index contributed by atoms with van der Waals surface area (Å²) < 4.78 is 34.1. The van der Waals surface area contributed by atoms with Gasteiger partial charge in [-0.25, -0.2) is 8.78 Å². The second-order valence-electron chi connectivity index (χ2n) is 9.08. The van der Waals surface area contributed by atoms with Gasteiger partial charge in [0, 0.05) is 26.1 Å². The Hall–Kier alpha value is -3.27. The Balaban J connectivity index is 1.44. The fourth-order valence-electron chi connectivity index (χ4n) is 4.54. The van der Waals surface area contributed by atoms with Gasteiger partial charge in [-0.3, -0.25) is 9.59 Å². The first-order valence-electron chi connectivity index (χ1n) is 11.0. The number of anilines is 1. The Kier molecular flexibility index (Phi) is 5.86. The van der Waals surface area contributed by atoms with Gasteiger partial charge >= 0.3 is 0 Å². The van der Waals surface area contributed by atoms with E-state index in [-0.39, 0.29) is 24.9 Å². The smallest absolute Gasteiger partial charge is 0.251 e. The van der Waals surface area contributed by atoms with Crippen molar-refractivity contribution in [2.45, 2.75) is 32.4 Å². The van der Waals surface area contributed by atoms with E-state index >= 15 is 0 Å². The van der Waals surface area contributed by atoms with Crippen molar-refractivity contribution in [1.29, 1.82) is 0 Å². The number of halogens is 3. The third kappa shape index (κ3) is 4.31. The topological polar surface area (TPSA) is 62.6 Å². The predicted molar refractivity (Wildman–Crippen MR) is 137 cm³/mol. The summed E-state index contributed by atoms with van der Waals surface area (Å²) in [6.45, 7) is 3.82. The number of carbonyl (C=O) groups excluding carboxylic acids is 2. The summed E-state index contributed by atoms with van der Waals surface area (Å²) in [6.07, 6.45) is 0. The first-order valence-corrected chi connectivity index (χ1v) is 12.1. The molecule has 35 heavy (non-hydrogen) atoms. The van der Waals surface area contributed by atoms with Crippen LogP contribution in [0.15, 0.2) is 65.1 Å². The van der Waals surface area contributed by atoms with Crippen LogP contribution >= 0.6 is 22.6 Å². The van der Waals surface area contributed by atoms with Gasteiger partial charge in [0.05, 0.1) is 24.2 Å². The van der Waals surface area contributed by atoms with Gasteiger partial charge in [-0.15, -0.1) is 0 Å². The van der Waals surface area contributed by atoms with E-state index in [1.807, 2.05) is 44.2 Å². The summed E-state index contributed by atoms with van der Waals surface area (Å²) in [6, 6.07) is 16.1. The fraction of sp³-hybridized carbons (Fsp3) is 0.185. The van der Waals surface area contributed by atoms with Gasteiger partial charge in [-0.05, 0) is 78.4 Å². The van der Waals surface area contributed by atoms with Crippen LogP contribution < -0.4 is 10.2 Å². The van der Waals surface area contributed by atoms with Crippen LogP contribution in [0.3, 0.4) is 0 Å². The molecule has 1 N–H and O–H groups in total. The number of carbonyl (C=O) groups is 2. The van der Waals surface area contributed by atoms with Gasteiger partial charge in [0.2, 0.25) is 5.91 Å². The highest BCUT2D eigenvalue weighted by molar-refractivity contribution is 14.1. The normalized spacial score (nSPS) is 14.4. The van der Waals surface area contributed by atoms with Gasteiger partial charge in [-0.2, -0.15) is 0 Å². The summed E-state index contributed by atoms with van der Waals surface area (Å²) in [5, 5.41) is 3.82. The Bertz CT molecular complexity index is 1440. The number of fused-ring (bicyclic) bond motifs is 2. The minimum atomic E-state index is -0.846. The Morgan fingerprint density at radius 3 is 2.49 bits per heavy atom. The lowest BCUT2D eigenvalue weighted by atomic mass is 9.86. The molecule has 178 valence electrons. The van der Waals surface area contributed by atoms with E-state index in [2.05, 4.69) is 27.9 Å². The summed E-state index contributed by atoms with van der Waals surface area (Å²) in [7, 11) is 0. The lowest BCUT2D eigenvalue weighted by Crippen LogP contribution is -2.36. The largest absolute Gasteiger partial charge is 0.459 e. The molecule has 1 aliphatic heterocycles. The third-order valence-corrected chi connectivity index (χ3v) is 7.04. The third-order valence-electron chi connectivity index (χ3n) is 6.19. The highest BCUT2D eigenvalue weighted by Gasteiger charge is 2.45. The molecule has 0 unspecified atom stereocenters. The Morgan fingerprint density at radius 1 is 1.06 bits per heavy atom. The molecule has 5 rings (SSSR count). The van der Waals surface area contributed by atoms with Crippen LogP contribution in [-0.4, -0.2) is 11.8 Å². The molecule has 1 aliphatic rings. The molecule has 0 fully saturated rings. The number of nitrogens with one attached hydrogen (secondary N) is 1. The monoisotopic (exact) mass is 586 g/mol. The van der Waals surface area contributed by atoms with Crippen molar-refractivity contribution >= 4 is 51.1 Å². The molecule has 0 saturated heterocycles. The molecule has 5 nitrogen and oxygen atoms in total. The summed E-state index contributed by atoms with van der Waals surface area (Å²) in [4.78, 5) is 27.8. The van der Waals surface area contributed by atoms with Crippen LogP contribution in [0.4, 0.5) is 14.5 Å². The number of furan rings is 1. The van der Waals surface area contributed by atoms with E-state index < -0.39 is 17.0 Å². The van der Waals surface area contributed by atoms with Gasteiger partial charge in [-0.1, -0.05) is 18.2 Å². The van der Waals surface area contributed by atoms with Crippen LogP contribution in [0.25, 0.3) is 11.0 Å². The van der Waals surface area contributed by atoms with E-state index in [9.17, 15) is 18.4 Å². The lowest BCUT2D eigenvalue weighted by Gasteiger charge is -2.20. The van der Waals surface area contributed by atoms with E-state index in [0.717, 1.165) is 26.2 Å². The number of nitrogens with zero attached hydrogens (tertiary/aromatic N) is 1. The minimum absolute atomic E-state index is 0.00984. The van der Waals surface area contributed by atoms with Gasteiger partial charge in [0.25, 0.3) is 5.91 Å². The number of amides is 2. The van der Waals surface area contributed by atoms with Crippen molar-refractivity contribution in [1.82, 2.24) is 5.32 Å². The second-order valence-corrected chi connectivity index (χ2v) is 10.2. The van der Waals surface area contributed by atoms with Crippen molar-refractivity contribution in [3.8, 4) is 0 Å². The molecule has 4 aromatic rings. The summed E-state index contributed by atoms with van der Waals surface area (Å²) in [5.41, 5.74) is 1.95. The number of benzene rings is 3. The van der Waals surface area contributed by atoms with E-state index in [1.54, 1.807) is 12.1 Å². The maximum atomic E-state index is 13.8. The predicted octanol–water partition coefficient (Wildman–Crippen LogP) is 6.07. The molecule has 3 aromatic carbocycles. The van der Waals surface area contributed by atoms with Crippen LogP contribution in [0.2, 0.25) is 0 Å². The summed E-state index contributed by atoms with van der Waals surface area (Å²) in [5.74, 6) is -1.31.